The molecule has 1 saturated heterocycles. The van der Waals surface area contributed by atoms with E-state index >= 15 is 0 Å². The minimum Gasteiger partial charge on any atom is -0.545 e. The zero-order valence-electron chi connectivity index (χ0n) is 11.0. The second-order valence-electron chi connectivity index (χ2n) is 4.71. The highest BCUT2D eigenvalue weighted by Crippen LogP contribution is 2.39. The van der Waals surface area contributed by atoms with Gasteiger partial charge in [0.2, 0.25) is 0 Å². The van der Waals surface area contributed by atoms with Gasteiger partial charge in [0, 0.05) is 30.8 Å². The standard InChI is InChI=1S/C12H13N3O6/c16-12(17)8-6-9(14(18)19)11(10(7-8)15(20)21)13-4-2-1-3-5-13/h6-7H,1-5H2,(H,16,17)/p-1. The third kappa shape index (κ3) is 2.91. The first-order valence-corrected chi connectivity index (χ1v) is 6.35. The van der Waals surface area contributed by atoms with E-state index in [1.165, 1.54) is 0 Å². The molecule has 9 nitrogen and oxygen atoms in total. The molecule has 112 valence electrons. The number of nitro groups is 2. The van der Waals surface area contributed by atoms with E-state index in [1.807, 2.05) is 0 Å². The lowest BCUT2D eigenvalue weighted by Gasteiger charge is -2.28. The molecule has 0 spiro atoms. The van der Waals surface area contributed by atoms with E-state index < -0.39 is 32.8 Å². The van der Waals surface area contributed by atoms with E-state index in [-0.39, 0.29) is 5.69 Å². The molecular formula is C12H12N3O6-. The molecule has 0 unspecified atom stereocenters. The molecule has 9 heteroatoms. The number of piperidine rings is 1. The maximum Gasteiger partial charge on any atom is 0.300 e. The fraction of sp³-hybridized carbons (Fsp3) is 0.417. The number of carbonyl (C=O) groups excluding carboxylic acids is 1. The topological polar surface area (TPSA) is 130 Å². The Balaban J connectivity index is 2.66. The first-order chi connectivity index (χ1) is 9.91. The number of nitro benzene ring substituents is 2. The zero-order chi connectivity index (χ0) is 15.6. The predicted molar refractivity (Wildman–Crippen MR) is 70.1 cm³/mol. The van der Waals surface area contributed by atoms with Gasteiger partial charge in [-0.05, 0) is 19.3 Å². The summed E-state index contributed by atoms with van der Waals surface area (Å²) in [6.07, 6.45) is 2.50. The van der Waals surface area contributed by atoms with Crippen molar-refractivity contribution in [1.82, 2.24) is 0 Å². The molecule has 2 rings (SSSR count). The van der Waals surface area contributed by atoms with E-state index in [0.717, 1.165) is 31.4 Å². The number of anilines is 1. The Hall–Kier alpha value is -2.71. The molecule has 1 heterocycles. The maximum absolute atomic E-state index is 11.2. The highest BCUT2D eigenvalue weighted by atomic mass is 16.6. The minimum atomic E-state index is -1.69. The number of rotatable bonds is 4. The van der Waals surface area contributed by atoms with Crippen molar-refractivity contribution in [2.75, 3.05) is 18.0 Å². The van der Waals surface area contributed by atoms with E-state index in [0.29, 0.717) is 13.1 Å². The van der Waals surface area contributed by atoms with Gasteiger partial charge >= 0.3 is 0 Å². The number of hydrogen-bond donors (Lipinski definition) is 0. The van der Waals surface area contributed by atoms with Gasteiger partial charge in [-0.3, -0.25) is 20.2 Å². The van der Waals surface area contributed by atoms with Crippen LogP contribution in [0.2, 0.25) is 0 Å². The first kappa shape index (κ1) is 14.7. The molecule has 0 aliphatic carbocycles. The van der Waals surface area contributed by atoms with Gasteiger partial charge < -0.3 is 14.8 Å². The van der Waals surface area contributed by atoms with Crippen LogP contribution in [0, 0.1) is 20.2 Å². The molecule has 0 N–H and O–H groups in total. The van der Waals surface area contributed by atoms with Gasteiger partial charge in [0.15, 0.2) is 5.69 Å². The average molecular weight is 294 g/mol. The lowest BCUT2D eigenvalue weighted by molar-refractivity contribution is -0.392. The summed E-state index contributed by atoms with van der Waals surface area (Å²) in [7, 11) is 0. The van der Waals surface area contributed by atoms with Gasteiger partial charge in [-0.25, -0.2) is 0 Å². The fourth-order valence-electron chi connectivity index (χ4n) is 2.44. The minimum absolute atomic E-state index is 0.130. The fourth-order valence-corrected chi connectivity index (χ4v) is 2.44. The lowest BCUT2D eigenvalue weighted by atomic mass is 10.1. The number of nitrogens with zero attached hydrogens (tertiary/aromatic N) is 3. The van der Waals surface area contributed by atoms with Crippen LogP contribution >= 0.6 is 0 Å². The van der Waals surface area contributed by atoms with E-state index in [1.54, 1.807) is 4.90 Å². The summed E-state index contributed by atoms with van der Waals surface area (Å²) >= 11 is 0. The molecule has 0 bridgehead atoms. The summed E-state index contributed by atoms with van der Waals surface area (Å²) in [4.78, 5) is 33.1. The van der Waals surface area contributed by atoms with E-state index in [2.05, 4.69) is 0 Å². The molecule has 1 aromatic carbocycles. The van der Waals surface area contributed by atoms with Gasteiger partial charge in [0.25, 0.3) is 11.4 Å². The van der Waals surface area contributed by atoms with Crippen LogP contribution in [-0.2, 0) is 0 Å². The highest BCUT2D eigenvalue weighted by Gasteiger charge is 2.31. The molecule has 21 heavy (non-hydrogen) atoms. The second kappa shape index (κ2) is 5.73. The van der Waals surface area contributed by atoms with Crippen LogP contribution in [0.5, 0.6) is 0 Å². The molecule has 0 aromatic heterocycles. The SMILES string of the molecule is O=C([O-])c1cc([N+](=O)[O-])c(N2CCCCC2)c([N+](=O)[O-])c1. The molecule has 1 aliphatic heterocycles. The zero-order valence-corrected chi connectivity index (χ0v) is 11.0. The van der Waals surface area contributed by atoms with Crippen molar-refractivity contribution >= 4 is 23.0 Å². The van der Waals surface area contributed by atoms with Crippen LogP contribution in [0.25, 0.3) is 0 Å². The number of aromatic carboxylic acids is 1. The molecule has 1 aliphatic rings. The lowest BCUT2D eigenvalue weighted by Crippen LogP contribution is -2.31. The van der Waals surface area contributed by atoms with Crippen molar-refractivity contribution in [1.29, 1.82) is 0 Å². The molecule has 0 atom stereocenters. The number of carbonyl (C=O) groups is 1. The van der Waals surface area contributed by atoms with Gasteiger partial charge in [-0.1, -0.05) is 0 Å². The van der Waals surface area contributed by atoms with Crippen LogP contribution in [-0.4, -0.2) is 28.9 Å². The van der Waals surface area contributed by atoms with Crippen LogP contribution in [0.4, 0.5) is 17.1 Å². The van der Waals surface area contributed by atoms with E-state index in [9.17, 15) is 30.1 Å². The van der Waals surface area contributed by atoms with Gasteiger partial charge in [0.1, 0.15) is 0 Å². The largest absolute Gasteiger partial charge is 0.545 e. The van der Waals surface area contributed by atoms with Crippen molar-refractivity contribution in [3.8, 4) is 0 Å². The van der Waals surface area contributed by atoms with Crippen molar-refractivity contribution in [3.05, 3.63) is 37.9 Å². The third-order valence-electron chi connectivity index (χ3n) is 3.37. The normalized spacial score (nSPS) is 14.8. The van der Waals surface area contributed by atoms with Crippen LogP contribution < -0.4 is 10.0 Å². The number of carboxylic acid groups (broad SMARTS) is 1. The van der Waals surface area contributed by atoms with E-state index in [4.69, 9.17) is 0 Å². The Morgan fingerprint density at radius 1 is 1.00 bits per heavy atom. The quantitative estimate of drug-likeness (QED) is 0.594. The molecular weight excluding hydrogens is 282 g/mol. The smallest absolute Gasteiger partial charge is 0.300 e. The van der Waals surface area contributed by atoms with Crippen LogP contribution in [0.3, 0.4) is 0 Å². The Morgan fingerprint density at radius 2 is 1.48 bits per heavy atom. The number of carboxylic acids is 1. The highest BCUT2D eigenvalue weighted by molar-refractivity contribution is 5.91. The summed E-state index contributed by atoms with van der Waals surface area (Å²) in [6, 6.07) is 1.62. The van der Waals surface area contributed by atoms with Crippen LogP contribution in [0.1, 0.15) is 29.6 Å². The monoisotopic (exact) mass is 294 g/mol. The second-order valence-corrected chi connectivity index (χ2v) is 4.71. The third-order valence-corrected chi connectivity index (χ3v) is 3.37. The molecule has 0 amide bonds. The Labute approximate surface area is 119 Å². The van der Waals surface area contributed by atoms with Gasteiger partial charge in [-0.2, -0.15) is 0 Å². The van der Waals surface area contributed by atoms with Crippen molar-refractivity contribution in [3.63, 3.8) is 0 Å². The Morgan fingerprint density at radius 3 is 1.86 bits per heavy atom. The summed E-state index contributed by atoms with van der Waals surface area (Å²) in [5.74, 6) is -1.69. The van der Waals surface area contributed by atoms with Gasteiger partial charge in [-0.15, -0.1) is 0 Å². The summed E-state index contributed by atoms with van der Waals surface area (Å²) in [5, 5.41) is 33.2. The first-order valence-electron chi connectivity index (χ1n) is 6.35. The predicted octanol–water partition coefficient (Wildman–Crippen LogP) is 0.857. The van der Waals surface area contributed by atoms with Crippen molar-refractivity contribution in [2.45, 2.75) is 19.3 Å². The summed E-state index contributed by atoms with van der Waals surface area (Å²) < 4.78 is 0. The molecule has 0 radical (unpaired) electrons. The summed E-state index contributed by atoms with van der Waals surface area (Å²) in [6.45, 7) is 0.929. The molecule has 1 aromatic rings. The number of hydrogen-bond acceptors (Lipinski definition) is 7. The Bertz CT molecular complexity index is 574. The Kier molecular flexibility index (Phi) is 4.01. The number of benzene rings is 1. The maximum atomic E-state index is 11.2. The van der Waals surface area contributed by atoms with Crippen molar-refractivity contribution in [2.24, 2.45) is 0 Å². The molecule has 0 saturated carbocycles. The van der Waals surface area contributed by atoms with Crippen LogP contribution in [0.15, 0.2) is 12.1 Å². The van der Waals surface area contributed by atoms with Crippen molar-refractivity contribution < 1.29 is 19.7 Å². The summed E-state index contributed by atoms with van der Waals surface area (Å²) in [5.41, 5.74) is -1.86. The average Bonchev–Trinajstić information content (AvgIpc) is 2.46. The molecule has 1 fully saturated rings. The van der Waals surface area contributed by atoms with Gasteiger partial charge in [0.05, 0.1) is 15.8 Å².